The lowest BCUT2D eigenvalue weighted by atomic mass is 10.00. The molecule has 0 saturated heterocycles. The molecule has 3 N–H and O–H groups in total. The standard InChI is InChI=1S/C16H14N4O3/c1-23-16(22)15-14(18)11(6-17)8-20(15)12-3-2-9-7-19-13(21)5-10(9)4-12/h2-4,8H,5,7,18H2,1H3,(H,19,21). The Kier molecular flexibility index (Phi) is 3.50. The molecule has 0 fully saturated rings. The summed E-state index contributed by atoms with van der Waals surface area (Å²) in [6.07, 6.45) is 1.77. The molecule has 0 saturated carbocycles. The zero-order valence-electron chi connectivity index (χ0n) is 12.4. The minimum absolute atomic E-state index is 0.0485. The number of aromatic nitrogens is 1. The van der Waals surface area contributed by atoms with Crippen molar-refractivity contribution < 1.29 is 14.3 Å². The second kappa shape index (κ2) is 5.50. The van der Waals surface area contributed by atoms with Crippen molar-refractivity contribution in [2.75, 3.05) is 12.8 Å². The number of hydrogen-bond acceptors (Lipinski definition) is 5. The molecule has 0 spiro atoms. The van der Waals surface area contributed by atoms with E-state index < -0.39 is 5.97 Å². The fourth-order valence-corrected chi connectivity index (χ4v) is 2.65. The molecule has 2 heterocycles. The van der Waals surface area contributed by atoms with E-state index in [1.165, 1.54) is 17.9 Å². The second-order valence-corrected chi connectivity index (χ2v) is 5.18. The number of nitriles is 1. The summed E-state index contributed by atoms with van der Waals surface area (Å²) in [6, 6.07) is 7.47. The molecule has 0 unspecified atom stereocenters. The van der Waals surface area contributed by atoms with Crippen molar-refractivity contribution in [3.63, 3.8) is 0 Å². The highest BCUT2D eigenvalue weighted by Gasteiger charge is 2.23. The van der Waals surface area contributed by atoms with Gasteiger partial charge in [0, 0.05) is 18.4 Å². The molecule has 1 aromatic heterocycles. The number of methoxy groups -OCH3 is 1. The van der Waals surface area contributed by atoms with Gasteiger partial charge in [-0.3, -0.25) is 4.79 Å². The van der Waals surface area contributed by atoms with E-state index >= 15 is 0 Å². The first kappa shape index (κ1) is 14.7. The van der Waals surface area contributed by atoms with Crippen LogP contribution in [0.5, 0.6) is 0 Å². The number of carbonyl (C=O) groups is 2. The van der Waals surface area contributed by atoms with Crippen molar-refractivity contribution in [1.82, 2.24) is 9.88 Å². The predicted molar refractivity (Wildman–Crippen MR) is 81.8 cm³/mol. The predicted octanol–water partition coefficient (Wildman–Crippen LogP) is 0.890. The van der Waals surface area contributed by atoms with Gasteiger partial charge in [-0.15, -0.1) is 0 Å². The molecule has 0 aliphatic carbocycles. The quantitative estimate of drug-likeness (QED) is 0.800. The van der Waals surface area contributed by atoms with E-state index in [1.54, 1.807) is 0 Å². The molecule has 1 aliphatic rings. The summed E-state index contributed by atoms with van der Waals surface area (Å²) in [5, 5.41) is 11.9. The van der Waals surface area contributed by atoms with E-state index in [0.717, 1.165) is 11.1 Å². The molecule has 1 aliphatic heterocycles. The van der Waals surface area contributed by atoms with Gasteiger partial charge < -0.3 is 20.4 Å². The summed E-state index contributed by atoms with van der Waals surface area (Å²) in [7, 11) is 1.25. The van der Waals surface area contributed by atoms with Crippen LogP contribution in [-0.4, -0.2) is 23.6 Å². The van der Waals surface area contributed by atoms with Crippen LogP contribution in [0.25, 0.3) is 5.69 Å². The van der Waals surface area contributed by atoms with Gasteiger partial charge in [-0.2, -0.15) is 5.26 Å². The van der Waals surface area contributed by atoms with Crippen LogP contribution in [0.3, 0.4) is 0 Å². The lowest BCUT2D eigenvalue weighted by Gasteiger charge is -2.18. The van der Waals surface area contributed by atoms with Crippen molar-refractivity contribution in [3.05, 3.63) is 46.8 Å². The van der Waals surface area contributed by atoms with E-state index in [0.29, 0.717) is 12.2 Å². The van der Waals surface area contributed by atoms with Crippen LogP contribution in [0.1, 0.15) is 27.2 Å². The van der Waals surface area contributed by atoms with Crippen molar-refractivity contribution in [1.29, 1.82) is 5.26 Å². The van der Waals surface area contributed by atoms with Crippen LogP contribution in [0.4, 0.5) is 5.69 Å². The van der Waals surface area contributed by atoms with Gasteiger partial charge in [0.1, 0.15) is 6.07 Å². The summed E-state index contributed by atoms with van der Waals surface area (Å²) in [5.74, 6) is -0.674. The Labute approximate surface area is 132 Å². The zero-order chi connectivity index (χ0) is 16.6. The van der Waals surface area contributed by atoms with Crippen LogP contribution in [-0.2, 0) is 22.5 Å². The highest BCUT2D eigenvalue weighted by Crippen LogP contribution is 2.26. The number of amides is 1. The fourth-order valence-electron chi connectivity index (χ4n) is 2.65. The fraction of sp³-hybridized carbons (Fsp3) is 0.188. The number of anilines is 1. The summed E-state index contributed by atoms with van der Waals surface area (Å²) in [5.41, 5.74) is 8.80. The molecule has 7 nitrogen and oxygen atoms in total. The third-order valence-corrected chi connectivity index (χ3v) is 3.84. The monoisotopic (exact) mass is 310 g/mol. The van der Waals surface area contributed by atoms with Gasteiger partial charge in [0.2, 0.25) is 5.91 Å². The van der Waals surface area contributed by atoms with Crippen molar-refractivity contribution >= 4 is 17.6 Å². The van der Waals surface area contributed by atoms with Gasteiger partial charge in [-0.05, 0) is 23.3 Å². The summed E-state index contributed by atoms with van der Waals surface area (Å²) < 4.78 is 6.27. The highest BCUT2D eigenvalue weighted by molar-refractivity contribution is 5.96. The normalized spacial score (nSPS) is 13.0. The van der Waals surface area contributed by atoms with Crippen LogP contribution in [0.15, 0.2) is 24.4 Å². The second-order valence-electron chi connectivity index (χ2n) is 5.18. The lowest BCUT2D eigenvalue weighted by Crippen LogP contribution is -2.30. The lowest BCUT2D eigenvalue weighted by molar-refractivity contribution is -0.121. The van der Waals surface area contributed by atoms with Gasteiger partial charge in [0.25, 0.3) is 0 Å². The molecule has 116 valence electrons. The first-order valence-electron chi connectivity index (χ1n) is 6.93. The number of nitrogens with one attached hydrogen (secondary N) is 1. The van der Waals surface area contributed by atoms with Crippen LogP contribution in [0.2, 0.25) is 0 Å². The summed E-state index contributed by atoms with van der Waals surface area (Å²) in [4.78, 5) is 23.5. The maximum atomic E-state index is 12.0. The minimum Gasteiger partial charge on any atom is -0.464 e. The van der Waals surface area contributed by atoms with Crippen LogP contribution < -0.4 is 11.1 Å². The Morgan fingerprint density at radius 2 is 2.22 bits per heavy atom. The number of rotatable bonds is 2. The molecule has 1 aromatic carbocycles. The van der Waals surface area contributed by atoms with E-state index in [1.807, 2.05) is 24.3 Å². The minimum atomic E-state index is -0.625. The Morgan fingerprint density at radius 1 is 1.43 bits per heavy atom. The van der Waals surface area contributed by atoms with Crippen molar-refractivity contribution in [2.24, 2.45) is 0 Å². The van der Waals surface area contributed by atoms with Gasteiger partial charge in [-0.1, -0.05) is 6.07 Å². The van der Waals surface area contributed by atoms with E-state index in [-0.39, 0.29) is 29.3 Å². The molecular weight excluding hydrogens is 296 g/mol. The Morgan fingerprint density at radius 3 is 2.91 bits per heavy atom. The van der Waals surface area contributed by atoms with Gasteiger partial charge in [0.15, 0.2) is 5.69 Å². The third kappa shape index (κ3) is 2.40. The number of ether oxygens (including phenoxy) is 1. The maximum absolute atomic E-state index is 12.0. The maximum Gasteiger partial charge on any atom is 0.357 e. The average molecular weight is 310 g/mol. The van der Waals surface area contributed by atoms with Crippen molar-refractivity contribution in [2.45, 2.75) is 13.0 Å². The number of nitrogen functional groups attached to an aromatic ring is 1. The Bertz CT molecular complexity index is 861. The Balaban J connectivity index is 2.16. The summed E-state index contributed by atoms with van der Waals surface area (Å²) in [6.45, 7) is 0.482. The largest absolute Gasteiger partial charge is 0.464 e. The van der Waals surface area contributed by atoms with Gasteiger partial charge in [-0.25, -0.2) is 4.79 Å². The molecular formula is C16H14N4O3. The first-order chi connectivity index (χ1) is 11.0. The average Bonchev–Trinajstić information content (AvgIpc) is 2.90. The van der Waals surface area contributed by atoms with Crippen LogP contribution in [0, 0.1) is 11.3 Å². The van der Waals surface area contributed by atoms with E-state index in [4.69, 9.17) is 15.7 Å². The number of nitrogens with zero attached hydrogens (tertiary/aromatic N) is 2. The van der Waals surface area contributed by atoms with Crippen LogP contribution >= 0.6 is 0 Å². The zero-order valence-corrected chi connectivity index (χ0v) is 12.4. The van der Waals surface area contributed by atoms with E-state index in [2.05, 4.69) is 5.32 Å². The molecule has 0 bridgehead atoms. The number of benzene rings is 1. The third-order valence-electron chi connectivity index (χ3n) is 3.84. The van der Waals surface area contributed by atoms with Gasteiger partial charge >= 0.3 is 5.97 Å². The Hall–Kier alpha value is -3.27. The molecule has 7 heteroatoms. The molecule has 2 aromatic rings. The topological polar surface area (TPSA) is 110 Å². The number of esters is 1. The number of carbonyl (C=O) groups excluding carboxylic acids is 2. The molecule has 23 heavy (non-hydrogen) atoms. The smallest absolute Gasteiger partial charge is 0.357 e. The SMILES string of the molecule is COC(=O)c1c(N)c(C#N)cn1-c1ccc2c(c1)CC(=O)NC2. The number of hydrogen-bond donors (Lipinski definition) is 2. The van der Waals surface area contributed by atoms with E-state index in [9.17, 15) is 9.59 Å². The highest BCUT2D eigenvalue weighted by atomic mass is 16.5. The molecule has 3 rings (SSSR count). The van der Waals surface area contributed by atoms with Gasteiger partial charge in [0.05, 0.1) is 24.8 Å². The molecule has 1 amide bonds. The molecule has 0 radical (unpaired) electrons. The first-order valence-corrected chi connectivity index (χ1v) is 6.93. The number of fused-ring (bicyclic) bond motifs is 1. The molecule has 0 atom stereocenters. The summed E-state index contributed by atoms with van der Waals surface area (Å²) >= 11 is 0. The number of nitrogens with two attached hydrogens (primary N) is 1. The van der Waals surface area contributed by atoms with Crippen molar-refractivity contribution in [3.8, 4) is 11.8 Å².